The molecule has 0 radical (unpaired) electrons. The van der Waals surface area contributed by atoms with Gasteiger partial charge in [-0.1, -0.05) is 29.8 Å². The van der Waals surface area contributed by atoms with Gasteiger partial charge in [0.15, 0.2) is 11.2 Å². The molecule has 9 nitrogen and oxygen atoms in total. The van der Waals surface area contributed by atoms with Crippen LogP contribution in [0.3, 0.4) is 0 Å². The first-order valence-corrected chi connectivity index (χ1v) is 11.5. The molecule has 0 N–H and O–H groups in total. The highest BCUT2D eigenvalue weighted by atomic mass is 16.5. The number of nitrogens with zero attached hydrogens (tertiary/aromatic N) is 6. The molecule has 0 unspecified atom stereocenters. The van der Waals surface area contributed by atoms with Crippen LogP contribution in [0.2, 0.25) is 0 Å². The maximum Gasteiger partial charge on any atom is 0.332 e. The van der Waals surface area contributed by atoms with Gasteiger partial charge in [0.1, 0.15) is 0 Å². The SMILES string of the molecule is Cc1cccc(Cn2c(=O)c3c(nc4n(CCCN5CCOCC5)c(C)cn34)n(C)c2=O)c1. The maximum absolute atomic E-state index is 13.5. The van der Waals surface area contributed by atoms with E-state index in [1.54, 1.807) is 7.05 Å². The molecule has 0 atom stereocenters. The number of benzene rings is 1. The van der Waals surface area contributed by atoms with Crippen LogP contribution in [0.4, 0.5) is 0 Å². The van der Waals surface area contributed by atoms with Crippen LogP contribution in [0.15, 0.2) is 40.1 Å². The molecule has 4 aromatic rings. The van der Waals surface area contributed by atoms with E-state index in [0.29, 0.717) is 16.9 Å². The van der Waals surface area contributed by atoms with Gasteiger partial charge in [-0.3, -0.25) is 23.2 Å². The van der Waals surface area contributed by atoms with Crippen molar-refractivity contribution in [3.8, 4) is 0 Å². The first-order chi connectivity index (χ1) is 15.9. The Balaban J connectivity index is 1.53. The third kappa shape index (κ3) is 3.91. The lowest BCUT2D eigenvalue weighted by atomic mass is 10.1. The lowest BCUT2D eigenvalue weighted by molar-refractivity contribution is 0.0369. The standard InChI is InChI=1S/C24H30N6O3/c1-17-6-4-7-19(14-17)16-30-22(31)20-21(26(3)24(30)32)25-23-28(18(2)15-29(20)23)9-5-8-27-10-12-33-13-11-27/h4,6-7,14-15H,5,8-13,16H2,1-3H3. The van der Waals surface area contributed by atoms with Crippen molar-refractivity contribution in [1.82, 2.24) is 28.0 Å². The first kappa shape index (κ1) is 21.7. The van der Waals surface area contributed by atoms with E-state index < -0.39 is 0 Å². The molecule has 0 amide bonds. The van der Waals surface area contributed by atoms with Crippen LogP contribution in [0.1, 0.15) is 23.2 Å². The fourth-order valence-corrected chi connectivity index (χ4v) is 4.74. The second-order valence-electron chi connectivity index (χ2n) is 8.91. The Bertz CT molecular complexity index is 1430. The highest BCUT2D eigenvalue weighted by molar-refractivity contribution is 5.75. The number of hydrogen-bond acceptors (Lipinski definition) is 5. The number of morpholine rings is 1. The van der Waals surface area contributed by atoms with E-state index in [1.165, 1.54) is 9.13 Å². The van der Waals surface area contributed by atoms with Gasteiger partial charge in [0, 0.05) is 45.1 Å². The number of aryl methyl sites for hydroxylation is 4. The van der Waals surface area contributed by atoms with Gasteiger partial charge in [-0.25, -0.2) is 4.79 Å². The van der Waals surface area contributed by atoms with Gasteiger partial charge >= 0.3 is 5.69 Å². The zero-order valence-electron chi connectivity index (χ0n) is 19.5. The van der Waals surface area contributed by atoms with E-state index >= 15 is 0 Å². The second-order valence-corrected chi connectivity index (χ2v) is 8.91. The summed E-state index contributed by atoms with van der Waals surface area (Å²) in [6.07, 6.45) is 2.92. The Kier molecular flexibility index (Phi) is 5.67. The molecule has 4 heterocycles. The number of rotatable bonds is 6. The van der Waals surface area contributed by atoms with Crippen LogP contribution in [-0.2, 0) is 24.9 Å². The third-order valence-electron chi connectivity index (χ3n) is 6.52. The van der Waals surface area contributed by atoms with E-state index in [4.69, 9.17) is 9.72 Å². The fourth-order valence-electron chi connectivity index (χ4n) is 4.74. The molecule has 0 saturated carbocycles. The van der Waals surface area contributed by atoms with E-state index in [1.807, 2.05) is 48.7 Å². The van der Waals surface area contributed by atoms with Crippen LogP contribution in [0.5, 0.6) is 0 Å². The summed E-state index contributed by atoms with van der Waals surface area (Å²) >= 11 is 0. The maximum atomic E-state index is 13.5. The topological polar surface area (TPSA) is 78.7 Å². The zero-order chi connectivity index (χ0) is 23.1. The van der Waals surface area contributed by atoms with Crippen molar-refractivity contribution in [1.29, 1.82) is 0 Å². The second kappa shape index (κ2) is 8.64. The van der Waals surface area contributed by atoms with Crippen molar-refractivity contribution in [2.75, 3.05) is 32.8 Å². The molecule has 0 bridgehead atoms. The molecular formula is C24H30N6O3. The molecule has 3 aromatic heterocycles. The predicted molar refractivity (Wildman–Crippen MR) is 127 cm³/mol. The van der Waals surface area contributed by atoms with Crippen molar-refractivity contribution in [3.63, 3.8) is 0 Å². The molecule has 1 aliphatic heterocycles. The number of hydrogen-bond donors (Lipinski definition) is 0. The molecular weight excluding hydrogens is 420 g/mol. The van der Waals surface area contributed by atoms with Gasteiger partial charge in [0.05, 0.1) is 19.8 Å². The number of fused-ring (bicyclic) bond motifs is 3. The minimum absolute atomic E-state index is 0.232. The molecule has 174 valence electrons. The Hall–Kier alpha value is -3.17. The monoisotopic (exact) mass is 450 g/mol. The summed E-state index contributed by atoms with van der Waals surface area (Å²) in [6.45, 7) is 9.58. The van der Waals surface area contributed by atoms with Gasteiger partial charge in [-0.15, -0.1) is 0 Å². The van der Waals surface area contributed by atoms with Gasteiger partial charge < -0.3 is 9.30 Å². The van der Waals surface area contributed by atoms with Crippen LogP contribution >= 0.6 is 0 Å². The molecule has 33 heavy (non-hydrogen) atoms. The van der Waals surface area contributed by atoms with Crippen molar-refractivity contribution < 1.29 is 4.74 Å². The first-order valence-electron chi connectivity index (χ1n) is 11.5. The smallest absolute Gasteiger partial charge is 0.332 e. The Morgan fingerprint density at radius 1 is 1.06 bits per heavy atom. The number of ether oxygens (including phenoxy) is 1. The lowest BCUT2D eigenvalue weighted by Gasteiger charge is -2.26. The Labute approximate surface area is 191 Å². The van der Waals surface area contributed by atoms with E-state index in [9.17, 15) is 9.59 Å². The summed E-state index contributed by atoms with van der Waals surface area (Å²) in [5, 5.41) is 0. The largest absolute Gasteiger partial charge is 0.379 e. The van der Waals surface area contributed by atoms with Gasteiger partial charge in [-0.05, 0) is 25.8 Å². The summed E-state index contributed by atoms with van der Waals surface area (Å²) in [5.74, 6) is 0.699. The van der Waals surface area contributed by atoms with Crippen LogP contribution in [0, 0.1) is 13.8 Å². The summed E-state index contributed by atoms with van der Waals surface area (Å²) < 4.78 is 12.2. The third-order valence-corrected chi connectivity index (χ3v) is 6.52. The van der Waals surface area contributed by atoms with Crippen LogP contribution in [0.25, 0.3) is 16.9 Å². The number of imidazole rings is 2. The molecule has 1 saturated heterocycles. The molecule has 1 aliphatic rings. The summed E-state index contributed by atoms with van der Waals surface area (Å²) in [6, 6.07) is 7.87. The van der Waals surface area contributed by atoms with Crippen LogP contribution < -0.4 is 11.2 Å². The van der Waals surface area contributed by atoms with Crippen molar-refractivity contribution in [3.05, 3.63) is 68.1 Å². The van der Waals surface area contributed by atoms with E-state index in [0.717, 1.165) is 62.6 Å². The van der Waals surface area contributed by atoms with Crippen molar-refractivity contribution in [2.45, 2.75) is 33.4 Å². The molecule has 0 spiro atoms. The van der Waals surface area contributed by atoms with E-state index in [-0.39, 0.29) is 17.8 Å². The van der Waals surface area contributed by atoms with Crippen LogP contribution in [-0.4, -0.2) is 60.8 Å². The highest BCUT2D eigenvalue weighted by Crippen LogP contribution is 2.17. The fraction of sp³-hybridized carbons (Fsp3) is 0.458. The molecule has 9 heteroatoms. The zero-order valence-corrected chi connectivity index (χ0v) is 19.5. The minimum atomic E-state index is -0.356. The van der Waals surface area contributed by atoms with Gasteiger partial charge in [0.25, 0.3) is 5.56 Å². The summed E-state index contributed by atoms with van der Waals surface area (Å²) in [5.41, 5.74) is 3.25. The van der Waals surface area contributed by atoms with Crippen molar-refractivity contribution in [2.24, 2.45) is 7.05 Å². The molecule has 5 rings (SSSR count). The van der Waals surface area contributed by atoms with Gasteiger partial charge in [-0.2, -0.15) is 4.98 Å². The molecule has 1 fully saturated rings. The summed E-state index contributed by atoms with van der Waals surface area (Å²) in [4.78, 5) is 33.7. The van der Waals surface area contributed by atoms with Gasteiger partial charge in [0.2, 0.25) is 5.78 Å². The summed E-state index contributed by atoms with van der Waals surface area (Å²) in [7, 11) is 1.68. The van der Waals surface area contributed by atoms with Crippen molar-refractivity contribution >= 4 is 16.9 Å². The quantitative estimate of drug-likeness (QED) is 0.445. The predicted octanol–water partition coefficient (Wildman–Crippen LogP) is 1.54. The molecule has 1 aromatic carbocycles. The Morgan fingerprint density at radius 3 is 2.61 bits per heavy atom. The lowest BCUT2D eigenvalue weighted by Crippen LogP contribution is -2.39. The average Bonchev–Trinajstić information content (AvgIpc) is 3.31. The highest BCUT2D eigenvalue weighted by Gasteiger charge is 2.20. The average molecular weight is 451 g/mol. The normalized spacial score (nSPS) is 15.1. The number of aromatic nitrogens is 5. The minimum Gasteiger partial charge on any atom is -0.379 e. The molecule has 0 aliphatic carbocycles. The Morgan fingerprint density at radius 2 is 1.85 bits per heavy atom. The van der Waals surface area contributed by atoms with E-state index in [2.05, 4.69) is 9.47 Å².